The van der Waals surface area contributed by atoms with E-state index in [0.29, 0.717) is 13.0 Å². The van der Waals surface area contributed by atoms with Crippen LogP contribution in [-0.4, -0.2) is 31.7 Å². The second kappa shape index (κ2) is 4.98. The van der Waals surface area contributed by atoms with Gasteiger partial charge < -0.3 is 15.3 Å². The normalized spacial score (nSPS) is 23.1. The van der Waals surface area contributed by atoms with Crippen molar-refractivity contribution in [1.29, 1.82) is 0 Å². The lowest BCUT2D eigenvalue weighted by atomic mass is 9.97. The standard InChI is InChI=1S/C14H20N2O2/c1-9-4-5-13(16(2)3)11(6-9)12-7-10(8-15-12)14(17)18/h4-6,10,12,15H,7-8H2,1-3H3,(H,17,18). The fourth-order valence-corrected chi connectivity index (χ4v) is 2.52. The molecule has 4 heteroatoms. The highest BCUT2D eigenvalue weighted by Crippen LogP contribution is 2.33. The first-order chi connectivity index (χ1) is 8.49. The molecule has 1 aliphatic heterocycles. The molecule has 1 heterocycles. The number of carbonyl (C=O) groups is 1. The molecule has 1 saturated heterocycles. The number of hydrogen-bond donors (Lipinski definition) is 2. The number of hydrogen-bond acceptors (Lipinski definition) is 3. The number of anilines is 1. The zero-order valence-electron chi connectivity index (χ0n) is 11.1. The number of aryl methyl sites for hydroxylation is 1. The number of carboxylic acids is 1. The van der Waals surface area contributed by atoms with Crippen molar-refractivity contribution in [2.45, 2.75) is 19.4 Å². The van der Waals surface area contributed by atoms with Crippen molar-refractivity contribution < 1.29 is 9.90 Å². The van der Waals surface area contributed by atoms with Gasteiger partial charge in [-0.2, -0.15) is 0 Å². The van der Waals surface area contributed by atoms with Gasteiger partial charge in [-0.3, -0.25) is 4.79 Å². The Balaban J connectivity index is 2.28. The molecule has 0 radical (unpaired) electrons. The molecule has 2 atom stereocenters. The number of nitrogens with one attached hydrogen (secondary N) is 1. The summed E-state index contributed by atoms with van der Waals surface area (Å²) in [7, 11) is 4.02. The molecule has 1 aromatic rings. The van der Waals surface area contributed by atoms with Crippen LogP contribution in [0.15, 0.2) is 18.2 Å². The Hall–Kier alpha value is -1.55. The minimum atomic E-state index is -0.705. The van der Waals surface area contributed by atoms with E-state index >= 15 is 0 Å². The smallest absolute Gasteiger partial charge is 0.307 e. The Morgan fingerprint density at radius 2 is 2.17 bits per heavy atom. The first kappa shape index (κ1) is 12.9. The van der Waals surface area contributed by atoms with Crippen LogP contribution >= 0.6 is 0 Å². The molecule has 98 valence electrons. The van der Waals surface area contributed by atoms with Crippen molar-refractivity contribution in [1.82, 2.24) is 5.32 Å². The van der Waals surface area contributed by atoms with Crippen LogP contribution in [0.5, 0.6) is 0 Å². The molecule has 0 spiro atoms. The van der Waals surface area contributed by atoms with E-state index in [-0.39, 0.29) is 12.0 Å². The van der Waals surface area contributed by atoms with E-state index in [4.69, 9.17) is 5.11 Å². The summed E-state index contributed by atoms with van der Waals surface area (Å²) in [5.41, 5.74) is 3.56. The quantitative estimate of drug-likeness (QED) is 0.856. The zero-order chi connectivity index (χ0) is 13.3. The third-order valence-electron chi connectivity index (χ3n) is 3.52. The average Bonchev–Trinajstić information content (AvgIpc) is 2.77. The zero-order valence-corrected chi connectivity index (χ0v) is 11.1. The molecule has 4 nitrogen and oxygen atoms in total. The Morgan fingerprint density at radius 1 is 1.44 bits per heavy atom. The van der Waals surface area contributed by atoms with Crippen LogP contribution in [0.1, 0.15) is 23.6 Å². The van der Waals surface area contributed by atoms with Gasteiger partial charge in [-0.15, -0.1) is 0 Å². The molecular weight excluding hydrogens is 228 g/mol. The number of nitrogens with zero attached hydrogens (tertiary/aromatic N) is 1. The van der Waals surface area contributed by atoms with Crippen molar-refractivity contribution in [3.63, 3.8) is 0 Å². The van der Waals surface area contributed by atoms with Gasteiger partial charge in [0.15, 0.2) is 0 Å². The van der Waals surface area contributed by atoms with Crippen molar-refractivity contribution in [2.75, 3.05) is 25.5 Å². The first-order valence-corrected chi connectivity index (χ1v) is 6.23. The maximum atomic E-state index is 11.0. The van der Waals surface area contributed by atoms with Crippen LogP contribution in [0.25, 0.3) is 0 Å². The maximum Gasteiger partial charge on any atom is 0.307 e. The molecule has 1 aromatic carbocycles. The molecule has 0 aliphatic carbocycles. The summed E-state index contributed by atoms with van der Waals surface area (Å²) >= 11 is 0. The van der Waals surface area contributed by atoms with Gasteiger partial charge in [0, 0.05) is 32.4 Å². The summed E-state index contributed by atoms with van der Waals surface area (Å²) in [6, 6.07) is 6.48. The van der Waals surface area contributed by atoms with E-state index in [1.165, 1.54) is 11.1 Å². The number of benzene rings is 1. The topological polar surface area (TPSA) is 52.6 Å². The van der Waals surface area contributed by atoms with Gasteiger partial charge >= 0.3 is 5.97 Å². The molecular formula is C14H20N2O2. The van der Waals surface area contributed by atoms with Crippen molar-refractivity contribution in [2.24, 2.45) is 5.92 Å². The van der Waals surface area contributed by atoms with Crippen LogP contribution in [0.3, 0.4) is 0 Å². The van der Waals surface area contributed by atoms with Crippen LogP contribution < -0.4 is 10.2 Å². The Labute approximate surface area is 108 Å². The fourth-order valence-electron chi connectivity index (χ4n) is 2.52. The van der Waals surface area contributed by atoms with Gasteiger partial charge in [-0.1, -0.05) is 17.7 Å². The summed E-state index contributed by atoms with van der Waals surface area (Å²) in [4.78, 5) is 13.1. The lowest BCUT2D eigenvalue weighted by Crippen LogP contribution is -2.19. The summed E-state index contributed by atoms with van der Waals surface area (Å²) in [6.07, 6.45) is 0.666. The summed E-state index contributed by atoms with van der Waals surface area (Å²) in [5.74, 6) is -0.977. The number of rotatable bonds is 3. The lowest BCUT2D eigenvalue weighted by molar-refractivity contribution is -0.141. The van der Waals surface area contributed by atoms with Gasteiger partial charge in [0.2, 0.25) is 0 Å². The van der Waals surface area contributed by atoms with E-state index < -0.39 is 5.97 Å². The lowest BCUT2D eigenvalue weighted by Gasteiger charge is -2.22. The van der Waals surface area contributed by atoms with Crippen molar-refractivity contribution >= 4 is 11.7 Å². The molecule has 2 unspecified atom stereocenters. The highest BCUT2D eigenvalue weighted by atomic mass is 16.4. The Kier molecular flexibility index (Phi) is 3.57. The van der Waals surface area contributed by atoms with Gasteiger partial charge in [0.05, 0.1) is 5.92 Å². The minimum Gasteiger partial charge on any atom is -0.481 e. The van der Waals surface area contributed by atoms with E-state index in [9.17, 15) is 4.79 Å². The van der Waals surface area contributed by atoms with E-state index in [0.717, 1.165) is 5.69 Å². The van der Waals surface area contributed by atoms with Crippen LogP contribution in [0.4, 0.5) is 5.69 Å². The first-order valence-electron chi connectivity index (χ1n) is 6.23. The van der Waals surface area contributed by atoms with E-state index in [1.54, 1.807) is 0 Å². The van der Waals surface area contributed by atoms with Gasteiger partial charge in [0.25, 0.3) is 0 Å². The van der Waals surface area contributed by atoms with Crippen LogP contribution in [-0.2, 0) is 4.79 Å². The van der Waals surface area contributed by atoms with E-state index in [2.05, 4.69) is 35.3 Å². The molecule has 2 N–H and O–H groups in total. The monoisotopic (exact) mass is 248 g/mol. The average molecular weight is 248 g/mol. The van der Waals surface area contributed by atoms with Gasteiger partial charge in [-0.05, 0) is 25.0 Å². The minimum absolute atomic E-state index is 0.142. The summed E-state index contributed by atoms with van der Waals surface area (Å²) in [5, 5.41) is 12.4. The predicted octanol–water partition coefficient (Wildman–Crippen LogP) is 1.80. The number of carboxylic acid groups (broad SMARTS) is 1. The SMILES string of the molecule is Cc1ccc(N(C)C)c(C2CC(C(=O)O)CN2)c1. The molecule has 0 saturated carbocycles. The van der Waals surface area contributed by atoms with Gasteiger partial charge in [0.1, 0.15) is 0 Å². The van der Waals surface area contributed by atoms with Crippen LogP contribution in [0.2, 0.25) is 0 Å². The second-order valence-corrected chi connectivity index (χ2v) is 5.19. The Morgan fingerprint density at radius 3 is 2.72 bits per heavy atom. The highest BCUT2D eigenvalue weighted by molar-refractivity contribution is 5.71. The molecule has 18 heavy (non-hydrogen) atoms. The molecule has 0 aromatic heterocycles. The molecule has 1 aliphatic rings. The molecule has 2 rings (SSSR count). The van der Waals surface area contributed by atoms with Crippen molar-refractivity contribution in [3.05, 3.63) is 29.3 Å². The summed E-state index contributed by atoms with van der Waals surface area (Å²) in [6.45, 7) is 2.62. The van der Waals surface area contributed by atoms with E-state index in [1.807, 2.05) is 14.1 Å². The second-order valence-electron chi connectivity index (χ2n) is 5.19. The molecule has 0 amide bonds. The fraction of sp³-hybridized carbons (Fsp3) is 0.500. The maximum absolute atomic E-state index is 11.0. The predicted molar refractivity (Wildman–Crippen MR) is 72.0 cm³/mol. The molecule has 0 bridgehead atoms. The van der Waals surface area contributed by atoms with Crippen LogP contribution in [0, 0.1) is 12.8 Å². The Bertz CT molecular complexity index is 457. The van der Waals surface area contributed by atoms with Crippen molar-refractivity contribution in [3.8, 4) is 0 Å². The summed E-state index contributed by atoms with van der Waals surface area (Å²) < 4.78 is 0. The van der Waals surface area contributed by atoms with Gasteiger partial charge in [-0.25, -0.2) is 0 Å². The highest BCUT2D eigenvalue weighted by Gasteiger charge is 2.31. The molecule has 1 fully saturated rings. The third-order valence-corrected chi connectivity index (χ3v) is 3.52. The third kappa shape index (κ3) is 2.48. The number of aliphatic carboxylic acids is 1. The largest absolute Gasteiger partial charge is 0.481 e.